The van der Waals surface area contributed by atoms with Crippen molar-refractivity contribution in [3.8, 4) is 33.6 Å². The van der Waals surface area contributed by atoms with Gasteiger partial charge in [-0.2, -0.15) is 4.57 Å². The number of aromatic nitrogens is 1. The molecule has 2 aliphatic carbocycles. The summed E-state index contributed by atoms with van der Waals surface area (Å²) in [5.74, 6) is 0. The number of fused-ring (bicyclic) bond motifs is 6. The molecule has 0 atom stereocenters. The third kappa shape index (κ3) is 3.56. The Bertz CT molecular complexity index is 1640. The molecule has 7 rings (SSSR count). The molecule has 0 saturated heterocycles. The zero-order valence-electron chi connectivity index (χ0n) is 21.7. The van der Waals surface area contributed by atoms with E-state index in [2.05, 4.69) is 115 Å². The van der Waals surface area contributed by atoms with E-state index >= 15 is 0 Å². The maximum absolute atomic E-state index is 2.69. The first kappa shape index (κ1) is 22.2. The van der Waals surface area contributed by atoms with Crippen molar-refractivity contribution in [2.24, 2.45) is 0 Å². The summed E-state index contributed by atoms with van der Waals surface area (Å²) in [5, 5.41) is 0. The molecule has 0 aliphatic heterocycles. The van der Waals surface area contributed by atoms with Crippen LogP contribution in [0.5, 0.6) is 0 Å². The Balaban J connectivity index is 1.66. The molecule has 0 unspecified atom stereocenters. The molecular weight excluding hydrogens is 446 g/mol. The predicted molar refractivity (Wildman–Crippen MR) is 153 cm³/mol. The van der Waals surface area contributed by atoms with Crippen molar-refractivity contribution in [3.05, 3.63) is 136 Å². The van der Waals surface area contributed by atoms with Gasteiger partial charge in [0.15, 0.2) is 6.54 Å². The molecule has 0 fully saturated rings. The second-order valence-corrected chi connectivity index (χ2v) is 10.7. The third-order valence-electron chi connectivity index (χ3n) is 8.50. The van der Waals surface area contributed by atoms with Crippen LogP contribution in [0, 0.1) is 13.8 Å². The first-order chi connectivity index (χ1) is 18.2. The number of rotatable bonds is 3. The van der Waals surface area contributed by atoms with Crippen molar-refractivity contribution in [2.75, 3.05) is 0 Å². The normalized spacial score (nSPS) is 13.4. The summed E-state index contributed by atoms with van der Waals surface area (Å²) in [6.45, 7) is 5.47. The minimum atomic E-state index is 0.877. The molecule has 37 heavy (non-hydrogen) atoms. The summed E-state index contributed by atoms with van der Waals surface area (Å²) in [7, 11) is 0. The molecule has 0 radical (unpaired) electrons. The van der Waals surface area contributed by atoms with Crippen LogP contribution in [-0.2, 0) is 32.2 Å². The van der Waals surface area contributed by atoms with E-state index < -0.39 is 0 Å². The molecule has 1 nitrogen and oxygen atoms in total. The highest BCUT2D eigenvalue weighted by molar-refractivity contribution is 5.86. The molecule has 1 heterocycles. The average molecular weight is 479 g/mol. The van der Waals surface area contributed by atoms with Crippen LogP contribution in [0.25, 0.3) is 33.6 Å². The van der Waals surface area contributed by atoms with Crippen molar-refractivity contribution < 1.29 is 4.57 Å². The van der Waals surface area contributed by atoms with Crippen molar-refractivity contribution in [1.82, 2.24) is 0 Å². The van der Waals surface area contributed by atoms with Gasteiger partial charge in [-0.15, -0.1) is 0 Å². The molecule has 0 saturated carbocycles. The summed E-state index contributed by atoms with van der Waals surface area (Å²) in [6, 6.07) is 35.9. The van der Waals surface area contributed by atoms with E-state index in [1.54, 1.807) is 0 Å². The lowest BCUT2D eigenvalue weighted by atomic mass is 9.76. The van der Waals surface area contributed by atoms with Crippen LogP contribution in [0.4, 0.5) is 0 Å². The SMILES string of the molecule is Cc1ccc(C)c2c1CCc1c(-c3ccccc3)c3c([n+](Cc4ccccc4)c1-2)-c1ccccc1CC3. The lowest BCUT2D eigenvalue weighted by molar-refractivity contribution is -0.667. The molecule has 4 aromatic carbocycles. The molecule has 5 aromatic rings. The van der Waals surface area contributed by atoms with Crippen LogP contribution in [-0.4, -0.2) is 0 Å². The Kier molecular flexibility index (Phi) is 5.32. The first-order valence-corrected chi connectivity index (χ1v) is 13.6. The molecule has 0 N–H and O–H groups in total. The number of hydrogen-bond donors (Lipinski definition) is 0. The predicted octanol–water partition coefficient (Wildman–Crippen LogP) is 7.84. The van der Waals surface area contributed by atoms with Crippen LogP contribution in [0.3, 0.4) is 0 Å². The van der Waals surface area contributed by atoms with Gasteiger partial charge in [0.05, 0.1) is 5.56 Å². The van der Waals surface area contributed by atoms with Crippen LogP contribution >= 0.6 is 0 Å². The molecule has 2 aliphatic rings. The molecule has 0 spiro atoms. The number of aryl methyl sites for hydroxylation is 3. The van der Waals surface area contributed by atoms with E-state index in [1.807, 2.05) is 0 Å². The van der Waals surface area contributed by atoms with Crippen molar-refractivity contribution >= 4 is 0 Å². The van der Waals surface area contributed by atoms with Gasteiger partial charge in [-0.05, 0) is 73.4 Å². The highest BCUT2D eigenvalue weighted by atomic mass is 15.0. The van der Waals surface area contributed by atoms with Crippen LogP contribution in [0.1, 0.15) is 38.9 Å². The fourth-order valence-corrected chi connectivity index (χ4v) is 6.81. The van der Waals surface area contributed by atoms with E-state index in [0.717, 1.165) is 32.2 Å². The quantitative estimate of drug-likeness (QED) is 0.233. The smallest absolute Gasteiger partial charge is 0.186 e. The van der Waals surface area contributed by atoms with Gasteiger partial charge in [-0.1, -0.05) is 91.0 Å². The Morgan fingerprint density at radius 2 is 1.16 bits per heavy atom. The highest BCUT2D eigenvalue weighted by Gasteiger charge is 2.38. The minimum absolute atomic E-state index is 0.877. The van der Waals surface area contributed by atoms with Crippen molar-refractivity contribution in [2.45, 2.75) is 46.1 Å². The molecule has 180 valence electrons. The standard InChI is InChI=1S/C36H32N/c1-24-17-18-25(2)33-29(24)21-22-32-34(28-14-7-4-8-15-28)31-20-19-27-13-9-10-16-30(27)35(31)37(36(32)33)23-26-11-5-3-6-12-26/h3-18H,19-23H2,1-2H3/q+1. The minimum Gasteiger partial charge on any atom is -0.186 e. The van der Waals surface area contributed by atoms with Crippen molar-refractivity contribution in [1.29, 1.82) is 0 Å². The van der Waals surface area contributed by atoms with E-state index in [4.69, 9.17) is 0 Å². The largest absolute Gasteiger partial charge is 0.217 e. The zero-order valence-corrected chi connectivity index (χ0v) is 21.7. The van der Waals surface area contributed by atoms with Gasteiger partial charge in [0.1, 0.15) is 0 Å². The lowest BCUT2D eigenvalue weighted by Gasteiger charge is -2.29. The maximum atomic E-state index is 2.69. The Morgan fingerprint density at radius 3 is 1.97 bits per heavy atom. The zero-order chi connectivity index (χ0) is 24.9. The van der Waals surface area contributed by atoms with Gasteiger partial charge >= 0.3 is 0 Å². The summed E-state index contributed by atoms with van der Waals surface area (Å²) in [6.07, 6.45) is 4.37. The summed E-state index contributed by atoms with van der Waals surface area (Å²) in [4.78, 5) is 0. The Hall–Kier alpha value is -3.97. The Labute approximate surface area is 220 Å². The number of hydrogen-bond acceptors (Lipinski definition) is 0. The van der Waals surface area contributed by atoms with Gasteiger partial charge in [-0.25, -0.2) is 0 Å². The first-order valence-electron chi connectivity index (χ1n) is 13.6. The number of benzene rings is 4. The van der Waals surface area contributed by atoms with Gasteiger partial charge in [-0.3, -0.25) is 0 Å². The van der Waals surface area contributed by atoms with E-state index in [9.17, 15) is 0 Å². The van der Waals surface area contributed by atoms with Gasteiger partial charge < -0.3 is 0 Å². The number of pyridine rings is 1. The van der Waals surface area contributed by atoms with E-state index in [-0.39, 0.29) is 0 Å². The second kappa shape index (κ2) is 8.85. The lowest BCUT2D eigenvalue weighted by Crippen LogP contribution is -2.44. The average Bonchev–Trinajstić information content (AvgIpc) is 2.95. The van der Waals surface area contributed by atoms with Gasteiger partial charge in [0.2, 0.25) is 11.4 Å². The molecule has 1 heteroatoms. The van der Waals surface area contributed by atoms with Crippen LogP contribution < -0.4 is 4.57 Å². The van der Waals surface area contributed by atoms with Gasteiger partial charge in [0, 0.05) is 27.8 Å². The highest BCUT2D eigenvalue weighted by Crippen LogP contribution is 2.46. The molecule has 0 bridgehead atoms. The Morgan fingerprint density at radius 1 is 0.541 bits per heavy atom. The summed E-state index contributed by atoms with van der Waals surface area (Å²) >= 11 is 0. The number of nitrogens with zero attached hydrogens (tertiary/aromatic N) is 1. The monoisotopic (exact) mass is 478 g/mol. The van der Waals surface area contributed by atoms with E-state index in [1.165, 1.54) is 72.6 Å². The fourth-order valence-electron chi connectivity index (χ4n) is 6.81. The molecular formula is C36H32N+. The van der Waals surface area contributed by atoms with Gasteiger partial charge in [0.25, 0.3) is 0 Å². The van der Waals surface area contributed by atoms with Crippen molar-refractivity contribution in [3.63, 3.8) is 0 Å². The summed E-state index contributed by atoms with van der Waals surface area (Å²) in [5.41, 5.74) is 18.7. The topological polar surface area (TPSA) is 3.88 Å². The van der Waals surface area contributed by atoms with E-state index in [0.29, 0.717) is 0 Å². The maximum Gasteiger partial charge on any atom is 0.217 e. The van der Waals surface area contributed by atoms with Crippen LogP contribution in [0.2, 0.25) is 0 Å². The fraction of sp³-hybridized carbons (Fsp3) is 0.194. The van der Waals surface area contributed by atoms with Crippen LogP contribution in [0.15, 0.2) is 97.1 Å². The molecule has 0 amide bonds. The summed E-state index contributed by atoms with van der Waals surface area (Å²) < 4.78 is 2.69. The molecule has 1 aromatic heterocycles. The third-order valence-corrected chi connectivity index (χ3v) is 8.50. The second-order valence-electron chi connectivity index (χ2n) is 10.7.